The number of hydrogen-bond acceptors (Lipinski definition) is 4. The average Bonchev–Trinajstić information content (AvgIpc) is 3.48. The Morgan fingerprint density at radius 2 is 1.62 bits per heavy atom. The second-order valence-electron chi connectivity index (χ2n) is 7.77. The van der Waals surface area contributed by atoms with E-state index >= 15 is 0 Å². The molecule has 1 amide bonds. The molecular weight excluding hydrogens is 428 g/mol. The minimum atomic E-state index is -0.350. The number of esters is 1. The van der Waals surface area contributed by atoms with Gasteiger partial charge in [-0.1, -0.05) is 12.1 Å². The Balaban J connectivity index is 1.51. The van der Waals surface area contributed by atoms with E-state index in [0.29, 0.717) is 17.7 Å². The number of rotatable bonds is 7. The van der Waals surface area contributed by atoms with Gasteiger partial charge in [0, 0.05) is 46.3 Å². The minimum absolute atomic E-state index is 0.291. The van der Waals surface area contributed by atoms with E-state index in [4.69, 9.17) is 4.74 Å². The van der Waals surface area contributed by atoms with Crippen molar-refractivity contribution in [2.75, 3.05) is 6.61 Å². The van der Waals surface area contributed by atoms with Crippen LogP contribution in [0.1, 0.15) is 44.6 Å². The van der Waals surface area contributed by atoms with E-state index in [1.54, 1.807) is 31.3 Å². The monoisotopic (exact) mass is 454 g/mol. The van der Waals surface area contributed by atoms with Crippen molar-refractivity contribution in [3.8, 4) is 11.4 Å². The van der Waals surface area contributed by atoms with E-state index in [9.17, 15) is 9.59 Å². The fraction of sp³-hybridized carbons (Fsp3) is 0.148. The van der Waals surface area contributed by atoms with Crippen molar-refractivity contribution in [2.45, 2.75) is 20.8 Å². The summed E-state index contributed by atoms with van der Waals surface area (Å²) < 4.78 is 9.08. The van der Waals surface area contributed by atoms with Crippen molar-refractivity contribution in [2.24, 2.45) is 5.10 Å². The molecule has 0 bridgehead atoms. The average molecular weight is 455 g/mol. The van der Waals surface area contributed by atoms with E-state index < -0.39 is 0 Å². The molecule has 0 aliphatic heterocycles. The second-order valence-corrected chi connectivity index (χ2v) is 7.77. The first kappa shape index (κ1) is 22.8. The Morgan fingerprint density at radius 1 is 0.941 bits per heavy atom. The van der Waals surface area contributed by atoms with Crippen LogP contribution in [0.3, 0.4) is 0 Å². The maximum Gasteiger partial charge on any atom is 0.338 e. The van der Waals surface area contributed by atoms with E-state index in [1.165, 1.54) is 0 Å². The molecule has 0 fully saturated rings. The molecule has 0 saturated carbocycles. The lowest BCUT2D eigenvalue weighted by atomic mass is 10.2. The van der Waals surface area contributed by atoms with E-state index in [0.717, 1.165) is 28.3 Å². The highest BCUT2D eigenvalue weighted by Crippen LogP contribution is 2.21. The number of hydrazone groups is 1. The molecule has 0 atom stereocenters. The number of aromatic nitrogens is 2. The van der Waals surface area contributed by atoms with E-state index in [1.807, 2.05) is 83.9 Å². The lowest BCUT2D eigenvalue weighted by Crippen LogP contribution is -2.17. The number of carbonyl (C=O) groups is 2. The molecule has 0 unspecified atom stereocenters. The Labute approximate surface area is 198 Å². The van der Waals surface area contributed by atoms with Crippen LogP contribution in [0.15, 0.2) is 84.2 Å². The fourth-order valence-corrected chi connectivity index (χ4v) is 3.84. The van der Waals surface area contributed by atoms with Crippen molar-refractivity contribution < 1.29 is 14.3 Å². The molecular formula is C27H26N4O3. The third-order valence-corrected chi connectivity index (χ3v) is 5.47. The van der Waals surface area contributed by atoms with Crippen LogP contribution in [0.4, 0.5) is 0 Å². The predicted molar refractivity (Wildman–Crippen MR) is 132 cm³/mol. The second kappa shape index (κ2) is 10.0. The summed E-state index contributed by atoms with van der Waals surface area (Å²) in [5.41, 5.74) is 8.15. The Kier molecular flexibility index (Phi) is 6.73. The number of hydrogen-bond donors (Lipinski definition) is 1. The summed E-state index contributed by atoms with van der Waals surface area (Å²) in [5, 5.41) is 4.17. The Hall–Kier alpha value is -4.39. The predicted octanol–water partition coefficient (Wildman–Crippen LogP) is 4.83. The van der Waals surface area contributed by atoms with E-state index in [2.05, 4.69) is 10.5 Å². The highest BCUT2D eigenvalue weighted by atomic mass is 16.5. The standard InChI is InChI=1S/C27H26N4O3/c1-4-34-27(33)22-10-8-12-25(17-22)31-19(2)15-23(20(31)3)18-28-29-26(32)21-9-7-11-24(16-21)30-13-5-6-14-30/h5-18H,4H2,1-3H3,(H,29,32)/b28-18+. The van der Waals surface area contributed by atoms with Crippen LogP contribution in [0, 0.1) is 13.8 Å². The lowest BCUT2D eigenvalue weighted by Gasteiger charge is -2.11. The number of carbonyl (C=O) groups excluding carboxylic acids is 2. The molecule has 0 spiro atoms. The maximum atomic E-state index is 12.6. The smallest absolute Gasteiger partial charge is 0.338 e. The SMILES string of the molecule is CCOC(=O)c1cccc(-n2c(C)cc(/C=N/NC(=O)c3cccc(-n4cccc4)c3)c2C)c1. The molecule has 0 radical (unpaired) electrons. The third kappa shape index (κ3) is 4.83. The van der Waals surface area contributed by atoms with Gasteiger partial charge >= 0.3 is 5.97 Å². The topological polar surface area (TPSA) is 77.6 Å². The number of nitrogens with one attached hydrogen (secondary N) is 1. The van der Waals surface area contributed by atoms with Crippen molar-refractivity contribution in [3.63, 3.8) is 0 Å². The highest BCUT2D eigenvalue weighted by Gasteiger charge is 2.13. The van der Waals surface area contributed by atoms with Crippen molar-refractivity contribution in [3.05, 3.63) is 107 Å². The van der Waals surface area contributed by atoms with Gasteiger partial charge in [0.15, 0.2) is 0 Å². The molecule has 4 rings (SSSR count). The molecule has 4 aromatic rings. The van der Waals surface area contributed by atoms with Gasteiger partial charge in [0.2, 0.25) is 0 Å². The summed E-state index contributed by atoms with van der Waals surface area (Å²) in [6, 6.07) is 20.5. The van der Waals surface area contributed by atoms with E-state index in [-0.39, 0.29) is 11.9 Å². The number of aryl methyl sites for hydroxylation is 1. The quantitative estimate of drug-likeness (QED) is 0.247. The molecule has 0 aliphatic rings. The third-order valence-electron chi connectivity index (χ3n) is 5.47. The van der Waals surface area contributed by atoms with Crippen molar-refractivity contribution in [1.82, 2.24) is 14.6 Å². The van der Waals surface area contributed by atoms with Gasteiger partial charge < -0.3 is 13.9 Å². The molecule has 1 N–H and O–H groups in total. The maximum absolute atomic E-state index is 12.6. The zero-order valence-electron chi connectivity index (χ0n) is 19.4. The first-order chi connectivity index (χ1) is 16.5. The van der Waals surface area contributed by atoms with Crippen LogP contribution < -0.4 is 5.43 Å². The molecule has 2 heterocycles. The van der Waals surface area contributed by atoms with Gasteiger partial charge in [-0.05, 0) is 75.4 Å². The van der Waals surface area contributed by atoms with Gasteiger partial charge in [0.1, 0.15) is 0 Å². The molecule has 7 nitrogen and oxygen atoms in total. The normalized spacial score (nSPS) is 11.0. The summed E-state index contributed by atoms with van der Waals surface area (Å²) in [5.74, 6) is -0.640. The van der Waals surface area contributed by atoms with Crippen LogP contribution >= 0.6 is 0 Å². The number of amides is 1. The lowest BCUT2D eigenvalue weighted by molar-refractivity contribution is 0.0526. The zero-order valence-corrected chi connectivity index (χ0v) is 19.4. The summed E-state index contributed by atoms with van der Waals surface area (Å²) in [7, 11) is 0. The number of nitrogens with zero attached hydrogens (tertiary/aromatic N) is 3. The Morgan fingerprint density at radius 3 is 2.35 bits per heavy atom. The van der Waals surface area contributed by atoms with Crippen LogP contribution in [0.5, 0.6) is 0 Å². The minimum Gasteiger partial charge on any atom is -0.462 e. The molecule has 34 heavy (non-hydrogen) atoms. The molecule has 2 aromatic heterocycles. The van der Waals surface area contributed by atoms with Crippen LogP contribution in [0.2, 0.25) is 0 Å². The first-order valence-electron chi connectivity index (χ1n) is 11.0. The van der Waals surface area contributed by atoms with Crippen molar-refractivity contribution >= 4 is 18.1 Å². The molecule has 172 valence electrons. The van der Waals surface area contributed by atoms with Crippen LogP contribution in [-0.2, 0) is 4.74 Å². The highest BCUT2D eigenvalue weighted by molar-refractivity contribution is 5.95. The van der Waals surface area contributed by atoms with Gasteiger partial charge in [-0.15, -0.1) is 0 Å². The fourth-order valence-electron chi connectivity index (χ4n) is 3.84. The van der Waals surface area contributed by atoms with Gasteiger partial charge in [-0.25, -0.2) is 10.2 Å². The van der Waals surface area contributed by atoms with Crippen LogP contribution in [-0.4, -0.2) is 33.8 Å². The molecule has 0 aliphatic carbocycles. The summed E-state index contributed by atoms with van der Waals surface area (Å²) in [4.78, 5) is 24.7. The summed E-state index contributed by atoms with van der Waals surface area (Å²) >= 11 is 0. The zero-order chi connectivity index (χ0) is 24.1. The van der Waals surface area contributed by atoms with Crippen LogP contribution in [0.25, 0.3) is 11.4 Å². The van der Waals surface area contributed by atoms with Gasteiger partial charge in [0.05, 0.1) is 18.4 Å². The number of benzene rings is 2. The summed E-state index contributed by atoms with van der Waals surface area (Å²) in [6.45, 7) is 6.05. The molecule has 2 aromatic carbocycles. The van der Waals surface area contributed by atoms with Crippen molar-refractivity contribution in [1.29, 1.82) is 0 Å². The molecule has 0 saturated heterocycles. The molecule has 7 heteroatoms. The number of ether oxygens (including phenoxy) is 1. The van der Waals surface area contributed by atoms with Gasteiger partial charge in [-0.2, -0.15) is 5.10 Å². The largest absolute Gasteiger partial charge is 0.462 e. The Bertz CT molecular complexity index is 1350. The first-order valence-corrected chi connectivity index (χ1v) is 11.0. The van der Waals surface area contributed by atoms with Gasteiger partial charge in [-0.3, -0.25) is 4.79 Å². The van der Waals surface area contributed by atoms with Gasteiger partial charge in [0.25, 0.3) is 5.91 Å². The summed E-state index contributed by atoms with van der Waals surface area (Å²) in [6.07, 6.45) is 5.47.